The van der Waals surface area contributed by atoms with E-state index in [1.807, 2.05) is 30.3 Å². The Hall–Kier alpha value is -1.79. The van der Waals surface area contributed by atoms with E-state index in [1.54, 1.807) is 0 Å². The third-order valence-electron chi connectivity index (χ3n) is 3.06. The van der Waals surface area contributed by atoms with Crippen LogP contribution in [0.4, 0.5) is 0 Å². The zero-order chi connectivity index (χ0) is 15.1. The smallest absolute Gasteiger partial charge is 0.104 e. The Morgan fingerprint density at radius 3 is 2.43 bits per heavy atom. The molecule has 21 heavy (non-hydrogen) atoms. The highest BCUT2D eigenvalue weighted by Crippen LogP contribution is 2.13. The summed E-state index contributed by atoms with van der Waals surface area (Å²) >= 11 is 6.00. The summed E-state index contributed by atoms with van der Waals surface area (Å²) in [6.07, 6.45) is 0. The summed E-state index contributed by atoms with van der Waals surface area (Å²) in [6.45, 7) is 1.61. The second-order valence-corrected chi connectivity index (χ2v) is 5.40. The SMILES string of the molecule is CN(Cc1ccc(C#CCO)cc1)Cc1cccc(Cl)c1. The number of rotatable bonds is 4. The molecule has 0 aliphatic heterocycles. The van der Waals surface area contributed by atoms with Crippen molar-refractivity contribution >= 4 is 11.6 Å². The van der Waals surface area contributed by atoms with Gasteiger partial charge in [-0.25, -0.2) is 0 Å². The first-order valence-corrected chi connectivity index (χ1v) is 7.17. The Morgan fingerprint density at radius 2 is 1.76 bits per heavy atom. The number of hydrogen-bond donors (Lipinski definition) is 1. The van der Waals surface area contributed by atoms with E-state index in [0.29, 0.717) is 0 Å². The standard InChI is InChI=1S/C18H18ClNO/c1-20(14-17-4-2-6-18(19)12-17)13-16-9-7-15(8-10-16)5-3-11-21/h2,4,6-10,12,21H,11,13-14H2,1H3. The van der Waals surface area contributed by atoms with Gasteiger partial charge in [0, 0.05) is 23.7 Å². The molecule has 0 aliphatic rings. The van der Waals surface area contributed by atoms with E-state index < -0.39 is 0 Å². The van der Waals surface area contributed by atoms with E-state index in [4.69, 9.17) is 16.7 Å². The van der Waals surface area contributed by atoms with Gasteiger partial charge in [0.1, 0.15) is 6.61 Å². The van der Waals surface area contributed by atoms with Gasteiger partial charge in [0.2, 0.25) is 0 Å². The lowest BCUT2D eigenvalue weighted by Crippen LogP contribution is -2.17. The molecule has 1 N–H and O–H groups in total. The minimum absolute atomic E-state index is 0.107. The van der Waals surface area contributed by atoms with E-state index >= 15 is 0 Å². The maximum atomic E-state index is 8.67. The van der Waals surface area contributed by atoms with Crippen molar-refractivity contribution in [3.05, 3.63) is 70.2 Å². The fourth-order valence-electron chi connectivity index (χ4n) is 2.15. The van der Waals surface area contributed by atoms with Crippen LogP contribution in [0.5, 0.6) is 0 Å². The molecule has 2 nitrogen and oxygen atoms in total. The van der Waals surface area contributed by atoms with Crippen LogP contribution in [0, 0.1) is 11.8 Å². The quantitative estimate of drug-likeness (QED) is 0.876. The zero-order valence-corrected chi connectivity index (χ0v) is 12.8. The van der Waals surface area contributed by atoms with Crippen LogP contribution in [0.3, 0.4) is 0 Å². The van der Waals surface area contributed by atoms with Crippen LogP contribution in [0.15, 0.2) is 48.5 Å². The van der Waals surface area contributed by atoms with Crippen LogP contribution in [0.25, 0.3) is 0 Å². The van der Waals surface area contributed by atoms with Gasteiger partial charge >= 0.3 is 0 Å². The van der Waals surface area contributed by atoms with Crippen LogP contribution < -0.4 is 0 Å². The van der Waals surface area contributed by atoms with Crippen LogP contribution in [0.1, 0.15) is 16.7 Å². The van der Waals surface area contributed by atoms with Crippen LogP contribution >= 0.6 is 11.6 Å². The predicted octanol–water partition coefficient (Wildman–Crippen LogP) is 3.32. The van der Waals surface area contributed by atoms with Gasteiger partial charge < -0.3 is 5.11 Å². The first-order valence-electron chi connectivity index (χ1n) is 6.79. The summed E-state index contributed by atoms with van der Waals surface area (Å²) in [5, 5.41) is 9.44. The number of aliphatic hydroxyl groups excluding tert-OH is 1. The molecule has 3 heteroatoms. The molecule has 0 spiro atoms. The minimum Gasteiger partial charge on any atom is -0.384 e. The zero-order valence-electron chi connectivity index (χ0n) is 12.0. The van der Waals surface area contributed by atoms with E-state index in [2.05, 4.69) is 42.0 Å². The second-order valence-electron chi connectivity index (χ2n) is 4.96. The maximum absolute atomic E-state index is 8.67. The highest BCUT2D eigenvalue weighted by Gasteiger charge is 2.02. The van der Waals surface area contributed by atoms with Gasteiger partial charge in [0.15, 0.2) is 0 Å². The van der Waals surface area contributed by atoms with Crippen molar-refractivity contribution in [3.63, 3.8) is 0 Å². The highest BCUT2D eigenvalue weighted by molar-refractivity contribution is 6.30. The average Bonchev–Trinajstić information content (AvgIpc) is 2.46. The number of nitrogens with zero attached hydrogens (tertiary/aromatic N) is 1. The number of aliphatic hydroxyl groups is 1. The van der Waals surface area contributed by atoms with Crippen molar-refractivity contribution in [2.75, 3.05) is 13.7 Å². The lowest BCUT2D eigenvalue weighted by Gasteiger charge is -2.17. The molecule has 2 aromatic carbocycles. The normalized spacial score (nSPS) is 10.3. The van der Waals surface area contributed by atoms with Crippen molar-refractivity contribution in [1.29, 1.82) is 0 Å². The number of hydrogen-bond acceptors (Lipinski definition) is 2. The summed E-state index contributed by atoms with van der Waals surface area (Å²) in [6, 6.07) is 16.0. The molecular formula is C18H18ClNO. The van der Waals surface area contributed by atoms with Crippen molar-refractivity contribution in [2.45, 2.75) is 13.1 Å². The molecule has 0 amide bonds. The van der Waals surface area contributed by atoms with Crippen LogP contribution in [-0.4, -0.2) is 23.7 Å². The maximum Gasteiger partial charge on any atom is 0.104 e. The van der Waals surface area contributed by atoms with Gasteiger partial charge in [-0.15, -0.1) is 0 Å². The summed E-state index contributed by atoms with van der Waals surface area (Å²) < 4.78 is 0. The minimum atomic E-state index is -0.107. The van der Waals surface area contributed by atoms with Crippen molar-refractivity contribution in [3.8, 4) is 11.8 Å². The molecule has 0 aromatic heterocycles. The van der Waals surface area contributed by atoms with Gasteiger partial charge in [-0.2, -0.15) is 0 Å². The highest BCUT2D eigenvalue weighted by atomic mass is 35.5. The lowest BCUT2D eigenvalue weighted by molar-refractivity contribution is 0.319. The third-order valence-corrected chi connectivity index (χ3v) is 3.29. The van der Waals surface area contributed by atoms with E-state index in [-0.39, 0.29) is 6.61 Å². The Kier molecular flexibility index (Phi) is 5.83. The Bertz CT molecular complexity index is 640. The molecule has 0 saturated carbocycles. The molecule has 0 aliphatic carbocycles. The van der Waals surface area contributed by atoms with Crippen molar-refractivity contribution < 1.29 is 5.11 Å². The molecule has 0 saturated heterocycles. The Morgan fingerprint density at radius 1 is 1.05 bits per heavy atom. The molecular weight excluding hydrogens is 282 g/mol. The first-order chi connectivity index (χ1) is 10.2. The van der Waals surface area contributed by atoms with Gasteiger partial charge in [-0.1, -0.05) is 47.7 Å². The van der Waals surface area contributed by atoms with Gasteiger partial charge in [-0.05, 0) is 42.4 Å². The van der Waals surface area contributed by atoms with Gasteiger partial charge in [0.25, 0.3) is 0 Å². The summed E-state index contributed by atoms with van der Waals surface area (Å²) in [5.41, 5.74) is 3.36. The second kappa shape index (κ2) is 7.85. The summed E-state index contributed by atoms with van der Waals surface area (Å²) in [5.74, 6) is 5.54. The third kappa shape index (κ3) is 5.24. The molecule has 0 fully saturated rings. The van der Waals surface area contributed by atoms with E-state index in [9.17, 15) is 0 Å². The molecule has 0 bridgehead atoms. The molecule has 0 unspecified atom stereocenters. The molecule has 108 valence electrons. The lowest BCUT2D eigenvalue weighted by atomic mass is 10.1. The van der Waals surface area contributed by atoms with E-state index in [0.717, 1.165) is 23.7 Å². The summed E-state index contributed by atoms with van der Waals surface area (Å²) in [4.78, 5) is 2.24. The van der Waals surface area contributed by atoms with Crippen molar-refractivity contribution in [1.82, 2.24) is 4.90 Å². The van der Waals surface area contributed by atoms with Crippen molar-refractivity contribution in [2.24, 2.45) is 0 Å². The molecule has 2 rings (SSSR count). The fourth-order valence-corrected chi connectivity index (χ4v) is 2.36. The fraction of sp³-hybridized carbons (Fsp3) is 0.222. The monoisotopic (exact) mass is 299 g/mol. The van der Waals surface area contributed by atoms with Crippen LogP contribution in [0.2, 0.25) is 5.02 Å². The van der Waals surface area contributed by atoms with Gasteiger partial charge in [-0.3, -0.25) is 4.90 Å². The Balaban J connectivity index is 1.94. The van der Waals surface area contributed by atoms with Gasteiger partial charge in [0.05, 0.1) is 0 Å². The Labute approximate surface area is 131 Å². The molecule has 0 atom stereocenters. The summed E-state index contributed by atoms with van der Waals surface area (Å²) in [7, 11) is 2.08. The van der Waals surface area contributed by atoms with Crippen LogP contribution in [-0.2, 0) is 13.1 Å². The number of halogens is 1. The predicted molar refractivity (Wildman–Crippen MR) is 87.0 cm³/mol. The molecule has 0 heterocycles. The first kappa shape index (κ1) is 15.6. The molecule has 0 radical (unpaired) electrons. The average molecular weight is 300 g/mol. The topological polar surface area (TPSA) is 23.5 Å². The largest absolute Gasteiger partial charge is 0.384 e. The molecule has 2 aromatic rings. The van der Waals surface area contributed by atoms with E-state index in [1.165, 1.54) is 11.1 Å². The number of benzene rings is 2.